The van der Waals surface area contributed by atoms with Crippen molar-refractivity contribution in [2.24, 2.45) is 0 Å². The molecule has 6 nitrogen and oxygen atoms in total. The minimum Gasteiger partial charge on any atom is -0.372 e. The molecule has 5 rings (SSSR count). The molecule has 1 fully saturated rings. The van der Waals surface area contributed by atoms with E-state index in [-0.39, 0.29) is 23.1 Å². The first kappa shape index (κ1) is 22.1. The number of sulfonamides is 1. The van der Waals surface area contributed by atoms with Crippen molar-refractivity contribution in [3.63, 3.8) is 0 Å². The first-order valence-electron chi connectivity index (χ1n) is 11.5. The minimum absolute atomic E-state index is 0.126. The average Bonchev–Trinajstić information content (AvgIpc) is 3.36. The predicted octanol–water partition coefficient (Wildman–Crippen LogP) is 4.06. The summed E-state index contributed by atoms with van der Waals surface area (Å²) in [5.41, 5.74) is 1.47. The first-order valence-corrected chi connectivity index (χ1v) is 12.9. The van der Waals surface area contributed by atoms with Crippen molar-refractivity contribution < 1.29 is 17.9 Å². The van der Waals surface area contributed by atoms with E-state index in [9.17, 15) is 13.2 Å². The van der Waals surface area contributed by atoms with Crippen molar-refractivity contribution in [3.8, 4) is 0 Å². The molecule has 2 heterocycles. The van der Waals surface area contributed by atoms with Gasteiger partial charge in [0.05, 0.1) is 18.3 Å². The van der Waals surface area contributed by atoms with Gasteiger partial charge in [0.1, 0.15) is 4.90 Å². The molecule has 1 atom stereocenters. The summed E-state index contributed by atoms with van der Waals surface area (Å²) in [4.78, 5) is 15.0. The fourth-order valence-corrected chi connectivity index (χ4v) is 6.33. The van der Waals surface area contributed by atoms with E-state index in [1.165, 1.54) is 22.4 Å². The lowest BCUT2D eigenvalue weighted by molar-refractivity contribution is 0.0466. The Kier molecular flexibility index (Phi) is 6.19. The van der Waals surface area contributed by atoms with Crippen LogP contribution in [0.3, 0.4) is 0 Å². The van der Waals surface area contributed by atoms with Gasteiger partial charge in [-0.2, -0.15) is 0 Å². The lowest BCUT2D eigenvalue weighted by Crippen LogP contribution is -2.31. The van der Waals surface area contributed by atoms with Crippen molar-refractivity contribution in [2.45, 2.75) is 36.9 Å². The van der Waals surface area contributed by atoms with Crippen LogP contribution in [0.1, 0.15) is 35.2 Å². The minimum atomic E-state index is -3.70. The van der Waals surface area contributed by atoms with Gasteiger partial charge in [0.25, 0.3) is 15.9 Å². The van der Waals surface area contributed by atoms with Gasteiger partial charge in [-0.15, -0.1) is 0 Å². The monoisotopic (exact) mass is 464 g/mol. The lowest BCUT2D eigenvalue weighted by atomic mass is 10.1. The molecule has 3 aromatic carbocycles. The zero-order chi connectivity index (χ0) is 22.8. The third-order valence-corrected chi connectivity index (χ3v) is 8.37. The Hall–Kier alpha value is -2.74. The van der Waals surface area contributed by atoms with Crippen LogP contribution in [-0.4, -0.2) is 55.8 Å². The SMILES string of the molecule is O=C1c2ccccc2S(=O)(=O)N1CCCCN1CCC(OCc2ccc3ccccc3c2)C1. The molecule has 2 aliphatic rings. The van der Waals surface area contributed by atoms with E-state index in [0.717, 1.165) is 36.8 Å². The van der Waals surface area contributed by atoms with Gasteiger partial charge in [-0.25, -0.2) is 12.7 Å². The van der Waals surface area contributed by atoms with Gasteiger partial charge in [0.2, 0.25) is 0 Å². The third-order valence-electron chi connectivity index (χ3n) is 6.53. The summed E-state index contributed by atoms with van der Waals surface area (Å²) in [5.74, 6) is -0.408. The zero-order valence-corrected chi connectivity index (χ0v) is 19.3. The fourth-order valence-electron chi connectivity index (χ4n) is 4.72. The average molecular weight is 465 g/mol. The number of benzene rings is 3. The Labute approximate surface area is 194 Å². The highest BCUT2D eigenvalue weighted by molar-refractivity contribution is 7.90. The smallest absolute Gasteiger partial charge is 0.269 e. The van der Waals surface area contributed by atoms with Gasteiger partial charge in [0.15, 0.2) is 0 Å². The van der Waals surface area contributed by atoms with Crippen LogP contribution in [-0.2, 0) is 21.4 Å². The molecule has 3 aromatic rings. The lowest BCUT2D eigenvalue weighted by Gasteiger charge is -2.18. The van der Waals surface area contributed by atoms with Crippen LogP contribution < -0.4 is 0 Å². The van der Waals surface area contributed by atoms with Crippen molar-refractivity contribution >= 4 is 26.7 Å². The molecule has 0 N–H and O–H groups in total. The summed E-state index contributed by atoms with van der Waals surface area (Å²) in [7, 11) is -3.70. The quantitative estimate of drug-likeness (QED) is 0.471. The van der Waals surface area contributed by atoms with Crippen LogP contribution in [0.4, 0.5) is 0 Å². The molecule has 172 valence electrons. The van der Waals surface area contributed by atoms with Crippen LogP contribution in [0.5, 0.6) is 0 Å². The summed E-state index contributed by atoms with van der Waals surface area (Å²) in [5, 5.41) is 2.47. The molecule has 1 saturated heterocycles. The van der Waals surface area contributed by atoms with Gasteiger partial charge >= 0.3 is 0 Å². The maximum atomic E-state index is 12.6. The zero-order valence-electron chi connectivity index (χ0n) is 18.5. The van der Waals surface area contributed by atoms with Gasteiger partial charge in [-0.1, -0.05) is 48.5 Å². The molecular weight excluding hydrogens is 436 g/mol. The maximum absolute atomic E-state index is 12.6. The summed E-state index contributed by atoms with van der Waals surface area (Å²) >= 11 is 0. The predicted molar refractivity (Wildman–Crippen MR) is 127 cm³/mol. The van der Waals surface area contributed by atoms with E-state index in [4.69, 9.17) is 4.74 Å². The summed E-state index contributed by atoms with van der Waals surface area (Å²) < 4.78 is 32.4. The van der Waals surface area contributed by atoms with E-state index >= 15 is 0 Å². The van der Waals surface area contributed by atoms with Crippen molar-refractivity contribution in [3.05, 3.63) is 77.9 Å². The standard InChI is InChI=1S/C26H28N2O4S/c29-26-24-9-3-4-10-25(24)33(30,31)28(26)15-6-5-14-27-16-13-23(18-27)32-19-20-11-12-21-7-1-2-8-22(21)17-20/h1-4,7-12,17,23H,5-6,13-16,18-19H2. The molecule has 0 bridgehead atoms. The molecule has 0 aliphatic carbocycles. The summed E-state index contributed by atoms with van der Waals surface area (Å²) in [6, 6.07) is 21.2. The second-order valence-corrected chi connectivity index (χ2v) is 10.6. The maximum Gasteiger partial charge on any atom is 0.269 e. The number of fused-ring (bicyclic) bond motifs is 2. The third kappa shape index (κ3) is 4.53. The number of unbranched alkanes of at least 4 members (excludes halogenated alkanes) is 1. The molecular formula is C26H28N2O4S. The van der Waals surface area contributed by atoms with Crippen LogP contribution in [0, 0.1) is 0 Å². The molecule has 7 heteroatoms. The van der Waals surface area contributed by atoms with Crippen molar-refractivity contribution in [1.82, 2.24) is 9.21 Å². The van der Waals surface area contributed by atoms with Gasteiger partial charge in [0, 0.05) is 19.6 Å². The van der Waals surface area contributed by atoms with Crippen LogP contribution in [0.15, 0.2) is 71.6 Å². The topological polar surface area (TPSA) is 66.9 Å². The molecule has 1 unspecified atom stereocenters. The number of ether oxygens (including phenoxy) is 1. The summed E-state index contributed by atoms with van der Waals surface area (Å²) in [6.45, 7) is 3.59. The number of hydrogen-bond donors (Lipinski definition) is 0. The Balaban J connectivity index is 1.06. The highest BCUT2D eigenvalue weighted by atomic mass is 32.2. The van der Waals surface area contributed by atoms with Crippen LogP contribution >= 0.6 is 0 Å². The van der Waals surface area contributed by atoms with Crippen molar-refractivity contribution in [2.75, 3.05) is 26.2 Å². The number of rotatable bonds is 8. The molecule has 0 radical (unpaired) electrons. The highest BCUT2D eigenvalue weighted by Gasteiger charge is 2.40. The van der Waals surface area contributed by atoms with Crippen LogP contribution in [0.25, 0.3) is 10.8 Å². The Bertz CT molecular complexity index is 1270. The number of carbonyl (C=O) groups is 1. The van der Waals surface area contributed by atoms with E-state index in [1.807, 2.05) is 6.07 Å². The second kappa shape index (κ2) is 9.25. The largest absolute Gasteiger partial charge is 0.372 e. The first-order chi connectivity index (χ1) is 16.0. The molecule has 1 amide bonds. The van der Waals surface area contributed by atoms with Gasteiger partial charge in [-0.3, -0.25) is 4.79 Å². The molecule has 0 saturated carbocycles. The normalized spacial score (nSPS) is 19.9. The number of hydrogen-bond acceptors (Lipinski definition) is 5. The number of amides is 1. The summed E-state index contributed by atoms with van der Waals surface area (Å²) in [6.07, 6.45) is 2.71. The molecule has 2 aliphatic heterocycles. The number of likely N-dealkylation sites (tertiary alicyclic amines) is 1. The number of nitrogens with zero attached hydrogens (tertiary/aromatic N) is 2. The van der Waals surface area contributed by atoms with E-state index in [0.29, 0.717) is 13.0 Å². The Morgan fingerprint density at radius 3 is 2.52 bits per heavy atom. The Morgan fingerprint density at radius 1 is 0.909 bits per heavy atom. The van der Waals surface area contributed by atoms with Gasteiger partial charge < -0.3 is 9.64 Å². The fraction of sp³-hybridized carbons (Fsp3) is 0.346. The number of carbonyl (C=O) groups excluding carboxylic acids is 1. The van der Waals surface area contributed by atoms with Gasteiger partial charge in [-0.05, 0) is 60.3 Å². The molecule has 0 aromatic heterocycles. The Morgan fingerprint density at radius 2 is 1.67 bits per heavy atom. The van der Waals surface area contributed by atoms with Crippen LogP contribution in [0.2, 0.25) is 0 Å². The molecule has 0 spiro atoms. The van der Waals surface area contributed by atoms with Crippen molar-refractivity contribution in [1.29, 1.82) is 0 Å². The van der Waals surface area contributed by atoms with E-state index in [1.54, 1.807) is 18.2 Å². The second-order valence-electron chi connectivity index (χ2n) is 8.79. The van der Waals surface area contributed by atoms with E-state index < -0.39 is 15.9 Å². The van der Waals surface area contributed by atoms with E-state index in [2.05, 4.69) is 41.3 Å². The highest BCUT2D eigenvalue weighted by Crippen LogP contribution is 2.30. The molecule has 33 heavy (non-hydrogen) atoms.